The molecule has 1 N–H and O–H groups in total. The van der Waals surface area contributed by atoms with Crippen molar-refractivity contribution in [1.29, 1.82) is 0 Å². The topological polar surface area (TPSA) is 53.8 Å². The quantitative estimate of drug-likeness (QED) is 0.524. The molecule has 1 aromatic heterocycles. The number of nitrogens with one attached hydrogen (secondary N) is 1. The van der Waals surface area contributed by atoms with E-state index in [2.05, 4.69) is 4.98 Å². The van der Waals surface area contributed by atoms with Crippen molar-refractivity contribution in [3.8, 4) is 0 Å². The summed E-state index contributed by atoms with van der Waals surface area (Å²) in [5, 5.41) is 0. The Morgan fingerprint density at radius 1 is 1.56 bits per heavy atom. The van der Waals surface area contributed by atoms with Crippen molar-refractivity contribution >= 4 is 10.0 Å². The number of nitrogens with zero attached hydrogens (tertiary/aromatic N) is 1. The van der Waals surface area contributed by atoms with Gasteiger partial charge in [0.15, 0.2) is 0 Å². The van der Waals surface area contributed by atoms with Crippen molar-refractivity contribution in [2.75, 3.05) is 6.26 Å². The number of H-pyrrole nitrogens is 1. The molecule has 50 valence electrons. The van der Waals surface area contributed by atoms with Crippen LogP contribution in [0.3, 0.4) is 0 Å². The molecule has 1 heterocycles. The summed E-state index contributed by atoms with van der Waals surface area (Å²) in [5.41, 5.74) is 0. The van der Waals surface area contributed by atoms with Crippen LogP contribution in [0.5, 0.6) is 0 Å². The number of rotatable bonds is 1. The van der Waals surface area contributed by atoms with Crippen LogP contribution >= 0.6 is 0 Å². The van der Waals surface area contributed by atoms with E-state index in [4.69, 9.17) is 0 Å². The zero-order chi connectivity index (χ0) is 6.91. The van der Waals surface area contributed by atoms with E-state index in [0.29, 0.717) is 0 Å². The van der Waals surface area contributed by atoms with Crippen LogP contribution in [0.1, 0.15) is 0 Å². The molecule has 0 aliphatic heterocycles. The summed E-state index contributed by atoms with van der Waals surface area (Å²) in [4.78, 5) is 2.62. The molecule has 1 aromatic rings. The first-order chi connectivity index (χ1) is 4.11. The standard InChI is InChI=1S/C4H6N2O2S/c1-9(7,8)6-3-2-5-4-6/h2-4H,1H3/p+1. The third-order valence-electron chi connectivity index (χ3n) is 0.902. The fourth-order valence-corrected chi connectivity index (χ4v) is 1.02. The van der Waals surface area contributed by atoms with Crippen molar-refractivity contribution in [2.45, 2.75) is 0 Å². The van der Waals surface area contributed by atoms with Gasteiger partial charge in [0.2, 0.25) is 0 Å². The van der Waals surface area contributed by atoms with Crippen molar-refractivity contribution in [2.24, 2.45) is 0 Å². The van der Waals surface area contributed by atoms with Crippen LogP contribution in [0.4, 0.5) is 0 Å². The molecule has 0 bridgehead atoms. The highest BCUT2D eigenvalue weighted by Crippen LogP contribution is 1.74. The zero-order valence-electron chi connectivity index (χ0n) is 4.90. The van der Waals surface area contributed by atoms with Gasteiger partial charge in [-0.05, 0) is 0 Å². The second-order valence-corrected chi connectivity index (χ2v) is 3.59. The Labute approximate surface area is 53.2 Å². The van der Waals surface area contributed by atoms with Crippen LogP contribution in [0.2, 0.25) is 0 Å². The monoisotopic (exact) mass is 147 g/mol. The van der Waals surface area contributed by atoms with Crippen LogP contribution in [0, 0.1) is 0 Å². The van der Waals surface area contributed by atoms with E-state index in [9.17, 15) is 8.42 Å². The first-order valence-electron chi connectivity index (χ1n) is 2.35. The lowest BCUT2D eigenvalue weighted by molar-refractivity contribution is -0.508. The molecule has 0 saturated carbocycles. The summed E-state index contributed by atoms with van der Waals surface area (Å²) >= 11 is 0. The molecule has 0 spiro atoms. The van der Waals surface area contributed by atoms with Gasteiger partial charge in [0, 0.05) is 0 Å². The van der Waals surface area contributed by atoms with Crippen molar-refractivity contribution < 1.29 is 12.4 Å². The Morgan fingerprint density at radius 3 is 2.44 bits per heavy atom. The average molecular weight is 147 g/mol. The smallest absolute Gasteiger partial charge is 0.249 e. The maximum atomic E-state index is 10.6. The fraction of sp³-hybridized carbons (Fsp3) is 0.250. The third-order valence-corrected chi connectivity index (χ3v) is 1.90. The number of hydrogen-bond acceptors (Lipinski definition) is 2. The summed E-state index contributed by atoms with van der Waals surface area (Å²) in [6.07, 6.45) is 5.49. The second-order valence-electron chi connectivity index (χ2n) is 1.70. The van der Waals surface area contributed by atoms with Gasteiger partial charge < -0.3 is 0 Å². The normalized spacial score (nSPS) is 11.7. The van der Waals surface area contributed by atoms with Crippen molar-refractivity contribution in [3.63, 3.8) is 0 Å². The van der Waals surface area contributed by atoms with Crippen LogP contribution in [-0.2, 0) is 10.0 Å². The summed E-state index contributed by atoms with van der Waals surface area (Å²) < 4.78 is 22.4. The molecule has 0 radical (unpaired) electrons. The van der Waals surface area contributed by atoms with Gasteiger partial charge in [0.25, 0.3) is 6.33 Å². The predicted octanol–water partition coefficient (Wildman–Crippen LogP) is -0.890. The molecule has 0 unspecified atom stereocenters. The molecular formula is C4H7N2O2S+. The second kappa shape index (κ2) is 1.84. The molecule has 0 aliphatic rings. The van der Waals surface area contributed by atoms with E-state index in [-0.39, 0.29) is 0 Å². The lowest BCUT2D eigenvalue weighted by Crippen LogP contribution is -2.39. The first kappa shape index (κ1) is 6.28. The summed E-state index contributed by atoms with van der Waals surface area (Å²) in [6, 6.07) is 0. The maximum Gasteiger partial charge on any atom is 0.301 e. The fourth-order valence-electron chi connectivity index (χ4n) is 0.482. The maximum absolute atomic E-state index is 10.6. The third kappa shape index (κ3) is 1.29. The van der Waals surface area contributed by atoms with Crippen LogP contribution in [0.15, 0.2) is 18.7 Å². The van der Waals surface area contributed by atoms with Gasteiger partial charge in [0.1, 0.15) is 12.4 Å². The van der Waals surface area contributed by atoms with Gasteiger partial charge in [-0.15, -0.1) is 3.97 Å². The molecule has 4 nitrogen and oxygen atoms in total. The highest BCUT2D eigenvalue weighted by molar-refractivity contribution is 7.84. The molecule has 0 aliphatic carbocycles. The average Bonchev–Trinajstić information content (AvgIpc) is 2.08. The first-order valence-corrected chi connectivity index (χ1v) is 4.20. The Balaban J connectivity index is 3.20. The van der Waals surface area contributed by atoms with Crippen molar-refractivity contribution in [3.05, 3.63) is 18.7 Å². The van der Waals surface area contributed by atoms with E-state index >= 15 is 0 Å². The van der Waals surface area contributed by atoms with Crippen molar-refractivity contribution in [1.82, 2.24) is 4.98 Å². The number of imidazole rings is 1. The van der Waals surface area contributed by atoms with Crippen LogP contribution in [-0.4, -0.2) is 19.7 Å². The lowest BCUT2D eigenvalue weighted by atomic mass is 11.0. The molecule has 0 fully saturated rings. The van der Waals surface area contributed by atoms with Crippen LogP contribution < -0.4 is 3.97 Å². The molecule has 0 atom stereocenters. The minimum Gasteiger partial charge on any atom is -0.249 e. The Bertz CT molecular complexity index is 274. The molecule has 1 rings (SSSR count). The molecule has 0 amide bonds. The zero-order valence-corrected chi connectivity index (χ0v) is 5.72. The van der Waals surface area contributed by atoms with E-state index in [1.54, 1.807) is 6.20 Å². The molecular weight excluding hydrogens is 140 g/mol. The molecule has 0 saturated heterocycles. The van der Waals surface area contributed by atoms with Crippen LogP contribution in [0.25, 0.3) is 0 Å². The molecule has 9 heavy (non-hydrogen) atoms. The van der Waals surface area contributed by atoms with Gasteiger partial charge >= 0.3 is 10.0 Å². The minimum absolute atomic E-state index is 1.10. The minimum atomic E-state index is -3.07. The van der Waals surface area contributed by atoms with E-state index < -0.39 is 10.0 Å². The summed E-state index contributed by atoms with van der Waals surface area (Å²) in [7, 11) is -3.07. The number of aromatic amines is 1. The summed E-state index contributed by atoms with van der Waals surface area (Å²) in [6.45, 7) is 0. The van der Waals surface area contributed by atoms with E-state index in [0.717, 1.165) is 10.2 Å². The van der Waals surface area contributed by atoms with Gasteiger partial charge in [0.05, 0.1) is 6.26 Å². The van der Waals surface area contributed by atoms with Gasteiger partial charge in [-0.3, -0.25) is 0 Å². The Morgan fingerprint density at radius 2 is 2.22 bits per heavy atom. The highest BCUT2D eigenvalue weighted by atomic mass is 32.2. The van der Waals surface area contributed by atoms with E-state index in [1.165, 1.54) is 12.5 Å². The largest absolute Gasteiger partial charge is 0.301 e. The molecule has 5 heteroatoms. The molecule has 0 aromatic carbocycles. The summed E-state index contributed by atoms with van der Waals surface area (Å²) in [5.74, 6) is 0. The lowest BCUT2D eigenvalue weighted by Gasteiger charge is -1.85. The van der Waals surface area contributed by atoms with Gasteiger partial charge in [-0.1, -0.05) is 0 Å². The van der Waals surface area contributed by atoms with Gasteiger partial charge in [-0.25, -0.2) is 4.98 Å². The Kier molecular flexibility index (Phi) is 1.28. The SMILES string of the molecule is CS(=O)(=O)[n+]1cc[nH]c1. The predicted molar refractivity (Wildman–Crippen MR) is 31.2 cm³/mol. The number of aromatic nitrogens is 2. The van der Waals surface area contributed by atoms with Gasteiger partial charge in [-0.2, -0.15) is 8.42 Å². The Hall–Kier alpha value is -0.840. The highest BCUT2D eigenvalue weighted by Gasteiger charge is 2.07. The van der Waals surface area contributed by atoms with E-state index in [1.807, 2.05) is 0 Å². The number of hydrogen-bond donors (Lipinski definition) is 1.